The van der Waals surface area contributed by atoms with Crippen molar-refractivity contribution in [2.75, 3.05) is 12.4 Å². The van der Waals surface area contributed by atoms with Crippen molar-refractivity contribution in [2.24, 2.45) is 5.41 Å². The number of hydrogen-bond acceptors (Lipinski definition) is 3. The van der Waals surface area contributed by atoms with E-state index in [2.05, 4.69) is 11.4 Å². The molecule has 0 heterocycles. The number of ether oxygens (including phenoxy) is 1. The molecule has 0 atom stereocenters. The number of carbonyl (C=O) groups is 1. The molecule has 0 aliphatic heterocycles. The average Bonchev–Trinajstić information content (AvgIpc) is 2.89. The van der Waals surface area contributed by atoms with Gasteiger partial charge in [0.1, 0.15) is 5.41 Å². The number of amides is 1. The molecule has 1 fully saturated rings. The van der Waals surface area contributed by atoms with E-state index in [0.717, 1.165) is 12.8 Å². The Labute approximate surface area is 117 Å². The summed E-state index contributed by atoms with van der Waals surface area (Å²) in [6.07, 6.45) is 3.04. The van der Waals surface area contributed by atoms with Gasteiger partial charge in [-0.25, -0.2) is 0 Å². The van der Waals surface area contributed by atoms with Gasteiger partial charge in [0.2, 0.25) is 5.91 Å². The molecule has 0 aromatic heterocycles. The van der Waals surface area contributed by atoms with E-state index in [0.29, 0.717) is 29.3 Å². The molecule has 19 heavy (non-hydrogen) atoms. The first-order valence-electron chi connectivity index (χ1n) is 6.18. The highest BCUT2D eigenvalue weighted by molar-refractivity contribution is 6.32. The minimum absolute atomic E-state index is 0.270. The molecule has 1 aromatic carbocycles. The fourth-order valence-electron chi connectivity index (χ4n) is 2.42. The van der Waals surface area contributed by atoms with E-state index in [1.54, 1.807) is 18.2 Å². The molecular formula is C14H15ClN2O2. The topological polar surface area (TPSA) is 62.1 Å². The Morgan fingerprint density at radius 1 is 1.47 bits per heavy atom. The number of halogens is 1. The molecule has 0 unspecified atom stereocenters. The van der Waals surface area contributed by atoms with Crippen molar-refractivity contribution < 1.29 is 9.53 Å². The molecule has 100 valence electrons. The molecular weight excluding hydrogens is 264 g/mol. The van der Waals surface area contributed by atoms with E-state index in [9.17, 15) is 10.1 Å². The molecule has 0 spiro atoms. The zero-order valence-electron chi connectivity index (χ0n) is 10.7. The summed E-state index contributed by atoms with van der Waals surface area (Å²) in [6, 6.07) is 7.29. The van der Waals surface area contributed by atoms with Gasteiger partial charge in [0.05, 0.1) is 23.9 Å². The lowest BCUT2D eigenvalue weighted by Crippen LogP contribution is -2.32. The highest BCUT2D eigenvalue weighted by Crippen LogP contribution is 2.40. The number of anilines is 1. The SMILES string of the molecule is COc1c(Cl)cccc1NC(=O)C1(C#N)CCCC1. The fourth-order valence-corrected chi connectivity index (χ4v) is 2.68. The summed E-state index contributed by atoms with van der Waals surface area (Å²) < 4.78 is 5.18. The number of methoxy groups -OCH3 is 1. The van der Waals surface area contributed by atoms with Crippen LogP contribution in [0.5, 0.6) is 5.75 Å². The second-order valence-electron chi connectivity index (χ2n) is 4.68. The van der Waals surface area contributed by atoms with Gasteiger partial charge in [-0.15, -0.1) is 0 Å². The molecule has 0 bridgehead atoms. The highest BCUT2D eigenvalue weighted by atomic mass is 35.5. The summed E-state index contributed by atoms with van der Waals surface area (Å²) >= 11 is 6.00. The summed E-state index contributed by atoms with van der Waals surface area (Å²) in [5, 5.41) is 12.5. The van der Waals surface area contributed by atoms with Gasteiger partial charge in [-0.3, -0.25) is 4.79 Å². The first-order chi connectivity index (χ1) is 9.13. The summed E-state index contributed by atoms with van der Waals surface area (Å²) in [5.41, 5.74) is -0.408. The molecule has 1 aromatic rings. The molecule has 1 aliphatic carbocycles. The van der Waals surface area contributed by atoms with E-state index in [-0.39, 0.29) is 5.91 Å². The summed E-state index contributed by atoms with van der Waals surface area (Å²) in [5.74, 6) is 0.150. The van der Waals surface area contributed by atoms with Crippen molar-refractivity contribution in [3.05, 3.63) is 23.2 Å². The van der Waals surface area contributed by atoms with Gasteiger partial charge in [0.15, 0.2) is 5.75 Å². The van der Waals surface area contributed by atoms with Crippen LogP contribution in [0.3, 0.4) is 0 Å². The Morgan fingerprint density at radius 3 is 2.74 bits per heavy atom. The second kappa shape index (κ2) is 5.50. The maximum absolute atomic E-state index is 12.3. The average molecular weight is 279 g/mol. The third-order valence-electron chi connectivity index (χ3n) is 3.53. The zero-order valence-corrected chi connectivity index (χ0v) is 11.5. The van der Waals surface area contributed by atoms with Crippen LogP contribution in [0.1, 0.15) is 25.7 Å². The third-order valence-corrected chi connectivity index (χ3v) is 3.82. The maximum atomic E-state index is 12.3. The Morgan fingerprint density at radius 2 is 2.16 bits per heavy atom. The van der Waals surface area contributed by atoms with Crippen LogP contribution in [0.2, 0.25) is 5.02 Å². The van der Waals surface area contributed by atoms with Crippen LogP contribution in [0, 0.1) is 16.7 Å². The first-order valence-corrected chi connectivity index (χ1v) is 6.56. The van der Waals surface area contributed by atoms with E-state index in [1.807, 2.05) is 0 Å². The summed E-state index contributed by atoms with van der Waals surface area (Å²) in [4.78, 5) is 12.3. The van der Waals surface area contributed by atoms with Crippen molar-refractivity contribution in [2.45, 2.75) is 25.7 Å². The number of carbonyl (C=O) groups excluding carboxylic acids is 1. The smallest absolute Gasteiger partial charge is 0.244 e. The lowest BCUT2D eigenvalue weighted by Gasteiger charge is -2.20. The van der Waals surface area contributed by atoms with Crippen LogP contribution in [0.4, 0.5) is 5.69 Å². The van der Waals surface area contributed by atoms with Crippen molar-refractivity contribution in [3.8, 4) is 11.8 Å². The summed E-state index contributed by atoms with van der Waals surface area (Å²) in [6.45, 7) is 0. The number of nitrogens with zero attached hydrogens (tertiary/aromatic N) is 1. The summed E-state index contributed by atoms with van der Waals surface area (Å²) in [7, 11) is 1.49. The zero-order chi connectivity index (χ0) is 13.9. The number of rotatable bonds is 3. The van der Waals surface area contributed by atoms with Crippen LogP contribution in [-0.2, 0) is 4.79 Å². The van der Waals surface area contributed by atoms with Crippen molar-refractivity contribution >= 4 is 23.2 Å². The van der Waals surface area contributed by atoms with Gasteiger partial charge < -0.3 is 10.1 Å². The number of nitriles is 1. The minimum Gasteiger partial charge on any atom is -0.493 e. The second-order valence-corrected chi connectivity index (χ2v) is 5.08. The third kappa shape index (κ3) is 2.52. The van der Waals surface area contributed by atoms with Gasteiger partial charge >= 0.3 is 0 Å². The Hall–Kier alpha value is -1.73. The molecule has 2 rings (SSSR count). The standard InChI is InChI=1S/C14H15ClN2O2/c1-19-12-10(15)5-4-6-11(12)17-13(18)14(9-16)7-2-3-8-14/h4-6H,2-3,7-8H2,1H3,(H,17,18). The molecule has 4 nitrogen and oxygen atoms in total. The van der Waals surface area contributed by atoms with E-state index in [1.165, 1.54) is 7.11 Å². The number of benzene rings is 1. The first kappa shape index (κ1) is 13.7. The maximum Gasteiger partial charge on any atom is 0.244 e. The van der Waals surface area contributed by atoms with Gasteiger partial charge in [0, 0.05) is 0 Å². The predicted octanol–water partition coefficient (Wildman–Crippen LogP) is 3.37. The molecule has 1 saturated carbocycles. The molecule has 1 aliphatic rings. The van der Waals surface area contributed by atoms with Crippen LogP contribution in [0.25, 0.3) is 0 Å². The number of hydrogen-bond donors (Lipinski definition) is 1. The van der Waals surface area contributed by atoms with Gasteiger partial charge in [0.25, 0.3) is 0 Å². The monoisotopic (exact) mass is 278 g/mol. The highest BCUT2D eigenvalue weighted by Gasteiger charge is 2.41. The van der Waals surface area contributed by atoms with Gasteiger partial charge in [-0.05, 0) is 25.0 Å². The van der Waals surface area contributed by atoms with Crippen molar-refractivity contribution in [1.82, 2.24) is 0 Å². The largest absolute Gasteiger partial charge is 0.493 e. The van der Waals surface area contributed by atoms with Crippen molar-refractivity contribution in [3.63, 3.8) is 0 Å². The fraction of sp³-hybridized carbons (Fsp3) is 0.429. The number of nitrogens with one attached hydrogen (secondary N) is 1. The van der Waals surface area contributed by atoms with Gasteiger partial charge in [-0.1, -0.05) is 30.5 Å². The van der Waals surface area contributed by atoms with E-state index >= 15 is 0 Å². The van der Waals surface area contributed by atoms with E-state index < -0.39 is 5.41 Å². The van der Waals surface area contributed by atoms with E-state index in [4.69, 9.17) is 16.3 Å². The van der Waals surface area contributed by atoms with Crippen LogP contribution in [-0.4, -0.2) is 13.0 Å². The molecule has 0 saturated heterocycles. The minimum atomic E-state index is -0.909. The Bertz CT molecular complexity index is 531. The lowest BCUT2D eigenvalue weighted by atomic mass is 9.87. The predicted molar refractivity (Wildman–Crippen MR) is 73.1 cm³/mol. The Balaban J connectivity index is 2.24. The quantitative estimate of drug-likeness (QED) is 0.922. The molecule has 1 amide bonds. The van der Waals surface area contributed by atoms with Crippen molar-refractivity contribution in [1.29, 1.82) is 5.26 Å². The van der Waals surface area contributed by atoms with Gasteiger partial charge in [-0.2, -0.15) is 5.26 Å². The van der Waals surface area contributed by atoms with Crippen LogP contribution < -0.4 is 10.1 Å². The normalized spacial score (nSPS) is 16.7. The van der Waals surface area contributed by atoms with Crippen LogP contribution >= 0.6 is 11.6 Å². The Kier molecular flexibility index (Phi) is 3.96. The number of para-hydroxylation sites is 1. The lowest BCUT2D eigenvalue weighted by molar-refractivity contribution is -0.122. The molecule has 1 N–H and O–H groups in total. The van der Waals surface area contributed by atoms with Crippen LogP contribution in [0.15, 0.2) is 18.2 Å². The molecule has 0 radical (unpaired) electrons. The molecule has 5 heteroatoms.